The lowest BCUT2D eigenvalue weighted by Crippen LogP contribution is -2.43. The van der Waals surface area contributed by atoms with E-state index >= 15 is 0 Å². The van der Waals surface area contributed by atoms with E-state index in [1.807, 2.05) is 24.4 Å². The normalized spacial score (nSPS) is 16.7. The number of rotatable bonds is 6. The number of H-pyrrole nitrogens is 2. The number of nitrogens with one attached hydrogen (secondary N) is 3. The summed E-state index contributed by atoms with van der Waals surface area (Å²) in [6.07, 6.45) is 7.73. The van der Waals surface area contributed by atoms with Gasteiger partial charge in [0.2, 0.25) is 5.91 Å². The first-order valence-corrected chi connectivity index (χ1v) is 10.5. The van der Waals surface area contributed by atoms with Gasteiger partial charge in [-0.25, -0.2) is 15.0 Å². The molecule has 4 aromatic rings. The van der Waals surface area contributed by atoms with Crippen LogP contribution < -0.4 is 15.0 Å². The van der Waals surface area contributed by atoms with Crippen LogP contribution in [0.3, 0.4) is 0 Å². The molecule has 1 atom stereocenters. The number of amides is 1. The van der Waals surface area contributed by atoms with Gasteiger partial charge in [0.1, 0.15) is 17.6 Å². The number of benzene rings is 1. The van der Waals surface area contributed by atoms with Crippen molar-refractivity contribution in [2.45, 2.75) is 19.3 Å². The van der Waals surface area contributed by atoms with E-state index in [1.165, 1.54) is 11.9 Å². The molecule has 1 saturated heterocycles. The van der Waals surface area contributed by atoms with Gasteiger partial charge < -0.3 is 24.9 Å². The SMILES string of the molecule is COc1ccc2[nH]cc(CCNC(=O)[C@@H]3CCCN(c4ncnc5nc[nH]c45)C3)c2c1. The summed E-state index contributed by atoms with van der Waals surface area (Å²) in [6, 6.07) is 5.98. The van der Waals surface area contributed by atoms with E-state index in [-0.39, 0.29) is 11.8 Å². The van der Waals surface area contributed by atoms with Gasteiger partial charge in [-0.1, -0.05) is 0 Å². The molecule has 1 fully saturated rings. The van der Waals surface area contributed by atoms with Crippen molar-refractivity contribution in [2.75, 3.05) is 31.6 Å². The molecule has 9 heteroatoms. The number of hydrogen-bond donors (Lipinski definition) is 3. The van der Waals surface area contributed by atoms with Crippen molar-refractivity contribution in [1.82, 2.24) is 30.2 Å². The Kier molecular flexibility index (Phi) is 5.15. The Morgan fingerprint density at radius 2 is 2.23 bits per heavy atom. The highest BCUT2D eigenvalue weighted by Crippen LogP contribution is 2.26. The number of hydrogen-bond acceptors (Lipinski definition) is 6. The molecule has 1 amide bonds. The van der Waals surface area contributed by atoms with Gasteiger partial charge in [-0.3, -0.25) is 4.79 Å². The molecule has 3 N–H and O–H groups in total. The van der Waals surface area contributed by atoms with Gasteiger partial charge in [-0.05, 0) is 43.0 Å². The van der Waals surface area contributed by atoms with Crippen LogP contribution in [0, 0.1) is 5.92 Å². The lowest BCUT2D eigenvalue weighted by atomic mass is 9.97. The summed E-state index contributed by atoms with van der Waals surface area (Å²) >= 11 is 0. The number of ether oxygens (including phenoxy) is 1. The van der Waals surface area contributed by atoms with Crippen molar-refractivity contribution in [3.63, 3.8) is 0 Å². The third kappa shape index (κ3) is 3.78. The molecular formula is C22H25N7O2. The first-order chi connectivity index (χ1) is 15.2. The Morgan fingerprint density at radius 3 is 3.13 bits per heavy atom. The van der Waals surface area contributed by atoms with E-state index in [1.54, 1.807) is 13.4 Å². The van der Waals surface area contributed by atoms with Crippen molar-refractivity contribution in [2.24, 2.45) is 5.92 Å². The molecular weight excluding hydrogens is 394 g/mol. The molecule has 0 saturated carbocycles. The molecule has 1 aliphatic heterocycles. The standard InChI is InChI=1S/C22H25N7O2/c1-31-16-4-5-18-17(9-16)14(10-24-18)6-7-23-22(30)15-3-2-8-29(11-15)21-19-20(26-12-25-19)27-13-28-21/h4-5,9-10,12-13,15,24H,2-3,6-8,11H2,1H3,(H,23,30)(H,25,26,27,28)/t15-/m1/s1. The number of aromatic nitrogens is 5. The lowest BCUT2D eigenvalue weighted by molar-refractivity contribution is -0.125. The van der Waals surface area contributed by atoms with E-state index in [4.69, 9.17) is 4.74 Å². The molecule has 0 spiro atoms. The van der Waals surface area contributed by atoms with E-state index in [0.717, 1.165) is 53.8 Å². The highest BCUT2D eigenvalue weighted by Gasteiger charge is 2.27. The van der Waals surface area contributed by atoms with Gasteiger partial charge >= 0.3 is 0 Å². The molecule has 5 rings (SSSR count). The highest BCUT2D eigenvalue weighted by atomic mass is 16.5. The first-order valence-electron chi connectivity index (χ1n) is 10.5. The Bertz CT molecular complexity index is 1220. The number of imidazole rings is 1. The fourth-order valence-electron chi connectivity index (χ4n) is 4.33. The third-order valence-corrected chi connectivity index (χ3v) is 5.96. The summed E-state index contributed by atoms with van der Waals surface area (Å²) in [4.78, 5) is 34.2. The molecule has 4 heterocycles. The van der Waals surface area contributed by atoms with E-state index < -0.39 is 0 Å². The molecule has 160 valence electrons. The molecule has 0 bridgehead atoms. The van der Waals surface area contributed by atoms with Crippen molar-refractivity contribution in [1.29, 1.82) is 0 Å². The Balaban J connectivity index is 1.21. The minimum absolute atomic E-state index is 0.0650. The molecule has 3 aromatic heterocycles. The van der Waals surface area contributed by atoms with Crippen LogP contribution in [0.4, 0.5) is 5.82 Å². The molecule has 31 heavy (non-hydrogen) atoms. The minimum atomic E-state index is -0.0650. The largest absolute Gasteiger partial charge is 0.497 e. The van der Waals surface area contributed by atoms with Gasteiger partial charge in [-0.15, -0.1) is 0 Å². The van der Waals surface area contributed by atoms with Crippen LogP contribution in [-0.2, 0) is 11.2 Å². The average Bonchev–Trinajstić information content (AvgIpc) is 3.45. The summed E-state index contributed by atoms with van der Waals surface area (Å²) in [5.41, 5.74) is 3.70. The zero-order chi connectivity index (χ0) is 21.2. The molecule has 1 aromatic carbocycles. The van der Waals surface area contributed by atoms with Crippen molar-refractivity contribution in [3.8, 4) is 5.75 Å². The van der Waals surface area contributed by atoms with E-state index in [0.29, 0.717) is 18.7 Å². The lowest BCUT2D eigenvalue weighted by Gasteiger charge is -2.32. The smallest absolute Gasteiger partial charge is 0.224 e. The van der Waals surface area contributed by atoms with Crippen molar-refractivity contribution < 1.29 is 9.53 Å². The van der Waals surface area contributed by atoms with E-state index in [2.05, 4.69) is 35.1 Å². The third-order valence-electron chi connectivity index (χ3n) is 5.96. The molecule has 9 nitrogen and oxygen atoms in total. The van der Waals surface area contributed by atoms with Gasteiger partial charge in [-0.2, -0.15) is 0 Å². The first kappa shape index (κ1) is 19.3. The second-order valence-corrected chi connectivity index (χ2v) is 7.85. The predicted octanol–water partition coefficient (Wildman–Crippen LogP) is 2.42. The fraction of sp³-hybridized carbons (Fsp3) is 0.364. The Morgan fingerprint density at radius 1 is 1.29 bits per heavy atom. The van der Waals surface area contributed by atoms with Crippen LogP contribution in [0.1, 0.15) is 18.4 Å². The van der Waals surface area contributed by atoms with Crippen LogP contribution in [0.5, 0.6) is 5.75 Å². The van der Waals surface area contributed by atoms with Gasteiger partial charge in [0, 0.05) is 36.7 Å². The van der Waals surface area contributed by atoms with E-state index in [9.17, 15) is 4.79 Å². The number of anilines is 1. The van der Waals surface area contributed by atoms with Crippen LogP contribution in [0.15, 0.2) is 37.1 Å². The van der Waals surface area contributed by atoms with Crippen LogP contribution in [-0.4, -0.2) is 57.6 Å². The van der Waals surface area contributed by atoms with Gasteiger partial charge in [0.15, 0.2) is 11.5 Å². The van der Waals surface area contributed by atoms with Gasteiger partial charge in [0.05, 0.1) is 19.4 Å². The minimum Gasteiger partial charge on any atom is -0.497 e. The number of aromatic amines is 2. The summed E-state index contributed by atoms with van der Waals surface area (Å²) in [7, 11) is 1.67. The monoisotopic (exact) mass is 419 g/mol. The molecule has 0 radical (unpaired) electrons. The molecule has 0 aliphatic carbocycles. The highest BCUT2D eigenvalue weighted by molar-refractivity contribution is 5.85. The summed E-state index contributed by atoms with van der Waals surface area (Å²) in [5, 5.41) is 4.25. The zero-order valence-electron chi connectivity index (χ0n) is 17.4. The second-order valence-electron chi connectivity index (χ2n) is 7.85. The Hall–Kier alpha value is -3.62. The summed E-state index contributed by atoms with van der Waals surface area (Å²) in [6.45, 7) is 2.10. The van der Waals surface area contributed by atoms with Crippen LogP contribution >= 0.6 is 0 Å². The zero-order valence-corrected chi connectivity index (χ0v) is 17.4. The Labute approximate surface area is 179 Å². The topological polar surface area (TPSA) is 112 Å². The number of carbonyl (C=O) groups excluding carboxylic acids is 1. The number of piperidine rings is 1. The second kappa shape index (κ2) is 8.25. The maximum Gasteiger partial charge on any atom is 0.224 e. The number of methoxy groups -OCH3 is 1. The average molecular weight is 419 g/mol. The van der Waals surface area contributed by atoms with Gasteiger partial charge in [0.25, 0.3) is 0 Å². The van der Waals surface area contributed by atoms with Crippen molar-refractivity contribution >= 4 is 33.8 Å². The molecule has 1 aliphatic rings. The van der Waals surface area contributed by atoms with Crippen LogP contribution in [0.25, 0.3) is 22.1 Å². The predicted molar refractivity (Wildman–Crippen MR) is 118 cm³/mol. The maximum absolute atomic E-state index is 12.9. The number of nitrogens with zero attached hydrogens (tertiary/aromatic N) is 4. The fourth-order valence-corrected chi connectivity index (χ4v) is 4.33. The summed E-state index contributed by atoms with van der Waals surface area (Å²) in [5.74, 6) is 1.67. The summed E-state index contributed by atoms with van der Waals surface area (Å²) < 4.78 is 5.33. The van der Waals surface area contributed by atoms with Crippen molar-refractivity contribution in [3.05, 3.63) is 42.6 Å². The quantitative estimate of drug-likeness (QED) is 0.443. The maximum atomic E-state index is 12.9. The number of carbonyl (C=O) groups is 1. The van der Waals surface area contributed by atoms with Crippen LogP contribution in [0.2, 0.25) is 0 Å². The number of fused-ring (bicyclic) bond motifs is 2. The molecule has 0 unspecified atom stereocenters.